The van der Waals surface area contributed by atoms with Crippen molar-refractivity contribution in [3.63, 3.8) is 0 Å². The van der Waals surface area contributed by atoms with E-state index in [1.54, 1.807) is 11.8 Å². The van der Waals surface area contributed by atoms with Gasteiger partial charge < -0.3 is 10.4 Å². The Kier molecular flexibility index (Phi) is 4.44. The molecule has 2 amide bonds. The lowest BCUT2D eigenvalue weighted by Crippen LogP contribution is -2.53. The number of nitrogens with zero attached hydrogens (tertiary/aromatic N) is 1. The molecule has 1 aliphatic carbocycles. The van der Waals surface area contributed by atoms with Crippen LogP contribution < -0.4 is 5.32 Å². The van der Waals surface area contributed by atoms with Gasteiger partial charge in [-0.1, -0.05) is 0 Å². The van der Waals surface area contributed by atoms with Crippen molar-refractivity contribution in [2.45, 2.75) is 43.1 Å². The number of nitrogens with one attached hydrogen (secondary N) is 1. The van der Waals surface area contributed by atoms with Crippen LogP contribution in [-0.2, 0) is 15.6 Å². The monoisotopic (exact) mass is 332 g/mol. The smallest absolute Gasteiger partial charge is 0.327 e. The van der Waals surface area contributed by atoms with Gasteiger partial charge in [-0.3, -0.25) is 9.11 Å². The number of amides is 2. The van der Waals surface area contributed by atoms with Crippen LogP contribution in [0.5, 0.6) is 0 Å². The Morgan fingerprint density at radius 2 is 1.86 bits per heavy atom. The molecule has 2 heterocycles. The molecule has 3 fully saturated rings. The van der Waals surface area contributed by atoms with Gasteiger partial charge in [-0.2, -0.15) is 0 Å². The minimum Gasteiger partial charge on any atom is -0.480 e. The van der Waals surface area contributed by atoms with Gasteiger partial charge in [0.2, 0.25) is 0 Å². The number of urea groups is 1. The second-order valence-corrected chi connectivity index (χ2v) is 8.74. The Morgan fingerprint density at radius 3 is 2.43 bits per heavy atom. The number of hydrogen-bond donors (Lipinski definition) is 2. The number of carboxylic acids is 1. The van der Waals surface area contributed by atoms with Crippen LogP contribution in [0.1, 0.15) is 25.7 Å². The molecule has 1 saturated carbocycles. The molecule has 3 aliphatic rings. The molecule has 2 N–H and O–H groups in total. The summed E-state index contributed by atoms with van der Waals surface area (Å²) in [5, 5.41) is 12.3. The van der Waals surface area contributed by atoms with E-state index >= 15 is 0 Å². The first-order valence-electron chi connectivity index (χ1n) is 7.34. The number of carbonyl (C=O) groups is 2. The Morgan fingerprint density at radius 1 is 1.19 bits per heavy atom. The van der Waals surface area contributed by atoms with Crippen LogP contribution in [-0.4, -0.2) is 60.9 Å². The van der Waals surface area contributed by atoms with Crippen LogP contribution in [0.4, 0.5) is 4.79 Å². The van der Waals surface area contributed by atoms with Gasteiger partial charge in [0, 0.05) is 34.1 Å². The summed E-state index contributed by atoms with van der Waals surface area (Å²) in [4.78, 5) is 25.4. The van der Waals surface area contributed by atoms with Gasteiger partial charge in [-0.05, 0) is 31.6 Å². The first-order valence-corrected chi connectivity index (χ1v) is 9.88. The first-order chi connectivity index (χ1) is 10.1. The molecule has 0 radical (unpaired) electrons. The molecule has 118 valence electrons. The zero-order valence-electron chi connectivity index (χ0n) is 11.7. The van der Waals surface area contributed by atoms with Crippen molar-refractivity contribution in [2.75, 3.05) is 17.3 Å². The van der Waals surface area contributed by atoms with Crippen LogP contribution in [0.25, 0.3) is 0 Å². The third kappa shape index (κ3) is 3.36. The quantitative estimate of drug-likeness (QED) is 0.800. The summed E-state index contributed by atoms with van der Waals surface area (Å²) in [5.74, 6) is 1.23. The molecule has 0 aromatic carbocycles. The lowest BCUT2D eigenvalue weighted by atomic mass is 10.1. The normalized spacial score (nSPS) is 36.5. The van der Waals surface area contributed by atoms with Gasteiger partial charge >= 0.3 is 12.0 Å². The van der Waals surface area contributed by atoms with Crippen LogP contribution in [0.3, 0.4) is 0 Å². The fraction of sp³-hybridized carbons (Fsp3) is 0.846. The molecule has 21 heavy (non-hydrogen) atoms. The Hall–Kier alpha value is -0.760. The highest BCUT2D eigenvalue weighted by Crippen LogP contribution is 2.45. The summed E-state index contributed by atoms with van der Waals surface area (Å²) < 4.78 is 11.3. The van der Waals surface area contributed by atoms with Gasteiger partial charge in [0.25, 0.3) is 0 Å². The third-order valence-corrected chi connectivity index (χ3v) is 7.14. The molecule has 3 rings (SSSR count). The Balaban J connectivity index is 1.65. The Bertz CT molecular complexity index is 459. The van der Waals surface area contributed by atoms with Crippen molar-refractivity contribution in [3.05, 3.63) is 0 Å². The molecule has 0 bridgehead atoms. The van der Waals surface area contributed by atoms with Gasteiger partial charge in [0.1, 0.15) is 6.04 Å². The predicted octanol–water partition coefficient (Wildman–Crippen LogP) is 0.845. The standard InChI is InChI=1S/C13H20N2O4S2/c16-12(17)10-7-20-11(8-1-2-8)15(10)13(18)14-9-3-5-21(19)6-4-9/h8-11H,1-7H2,(H,14,18)(H,16,17). The number of aliphatic carboxylic acids is 1. The summed E-state index contributed by atoms with van der Waals surface area (Å²) in [6, 6.07) is -0.963. The molecule has 8 heteroatoms. The average molecular weight is 332 g/mol. The lowest BCUT2D eigenvalue weighted by molar-refractivity contribution is -0.141. The largest absolute Gasteiger partial charge is 0.480 e. The maximum Gasteiger partial charge on any atom is 0.327 e. The minimum absolute atomic E-state index is 0.00354. The molecule has 2 aliphatic heterocycles. The first kappa shape index (κ1) is 15.1. The fourth-order valence-corrected chi connectivity index (χ4v) is 5.84. The molecule has 0 spiro atoms. The van der Waals surface area contributed by atoms with E-state index in [1.807, 2.05) is 0 Å². The SMILES string of the molecule is O=C(O)C1CSC(C2CC2)N1C(=O)NC1CCS(=O)CC1. The molecule has 6 nitrogen and oxygen atoms in total. The van der Waals surface area contributed by atoms with E-state index in [4.69, 9.17) is 0 Å². The summed E-state index contributed by atoms with van der Waals surface area (Å²) in [7, 11) is -0.759. The van der Waals surface area contributed by atoms with Crippen LogP contribution >= 0.6 is 11.8 Å². The summed E-state index contributed by atoms with van der Waals surface area (Å²) >= 11 is 1.58. The molecular weight excluding hydrogens is 312 g/mol. The van der Waals surface area contributed by atoms with Gasteiger partial charge in [-0.25, -0.2) is 9.59 Å². The second-order valence-electron chi connectivity index (χ2n) is 5.89. The zero-order valence-corrected chi connectivity index (χ0v) is 13.3. The molecule has 2 saturated heterocycles. The van der Waals surface area contributed by atoms with Crippen molar-refractivity contribution in [3.8, 4) is 0 Å². The van der Waals surface area contributed by atoms with Crippen molar-refractivity contribution in [1.82, 2.24) is 10.2 Å². The number of thioether (sulfide) groups is 1. The fourth-order valence-electron chi connectivity index (χ4n) is 2.91. The van der Waals surface area contributed by atoms with Crippen molar-refractivity contribution < 1.29 is 18.9 Å². The molecule has 0 aromatic rings. The number of carbonyl (C=O) groups excluding carboxylic acids is 1. The summed E-state index contributed by atoms with van der Waals surface area (Å²) in [5.41, 5.74) is 0. The summed E-state index contributed by atoms with van der Waals surface area (Å²) in [6.45, 7) is 0. The predicted molar refractivity (Wildman–Crippen MR) is 81.7 cm³/mol. The number of rotatable bonds is 3. The van der Waals surface area contributed by atoms with E-state index in [1.165, 1.54) is 4.90 Å². The van der Waals surface area contributed by atoms with Crippen molar-refractivity contribution in [2.24, 2.45) is 5.92 Å². The van der Waals surface area contributed by atoms with E-state index in [9.17, 15) is 18.9 Å². The van der Waals surface area contributed by atoms with Crippen molar-refractivity contribution >= 4 is 34.6 Å². The molecular formula is C13H20N2O4S2. The molecule has 0 aromatic heterocycles. The van der Waals surface area contributed by atoms with Gasteiger partial charge in [0.05, 0.1) is 5.37 Å². The average Bonchev–Trinajstić information content (AvgIpc) is 3.19. The van der Waals surface area contributed by atoms with E-state index < -0.39 is 22.8 Å². The number of hydrogen-bond acceptors (Lipinski definition) is 4. The Labute approximate surface area is 130 Å². The minimum atomic E-state index is -0.925. The van der Waals surface area contributed by atoms with Crippen molar-refractivity contribution in [1.29, 1.82) is 0 Å². The highest BCUT2D eigenvalue weighted by Gasteiger charge is 2.48. The van der Waals surface area contributed by atoms with E-state index in [0.29, 0.717) is 36.0 Å². The van der Waals surface area contributed by atoms with Crippen LogP contribution in [0.15, 0.2) is 0 Å². The lowest BCUT2D eigenvalue weighted by Gasteiger charge is -2.31. The van der Waals surface area contributed by atoms with E-state index in [-0.39, 0.29) is 17.4 Å². The highest BCUT2D eigenvalue weighted by atomic mass is 32.2. The maximum absolute atomic E-state index is 12.5. The third-order valence-electron chi connectivity index (χ3n) is 4.30. The maximum atomic E-state index is 12.5. The van der Waals surface area contributed by atoms with Crippen LogP contribution in [0, 0.1) is 5.92 Å². The van der Waals surface area contributed by atoms with Gasteiger partial charge in [0.15, 0.2) is 0 Å². The van der Waals surface area contributed by atoms with Crippen LogP contribution in [0.2, 0.25) is 0 Å². The van der Waals surface area contributed by atoms with E-state index in [2.05, 4.69) is 5.32 Å². The van der Waals surface area contributed by atoms with E-state index in [0.717, 1.165) is 12.8 Å². The highest BCUT2D eigenvalue weighted by molar-refractivity contribution is 8.00. The summed E-state index contributed by atoms with van der Waals surface area (Å²) in [6.07, 6.45) is 3.59. The number of carboxylic acid groups (broad SMARTS) is 1. The molecule has 2 atom stereocenters. The van der Waals surface area contributed by atoms with Gasteiger partial charge in [-0.15, -0.1) is 11.8 Å². The molecule has 2 unspecified atom stereocenters. The topological polar surface area (TPSA) is 86.7 Å². The zero-order chi connectivity index (χ0) is 15.0. The second kappa shape index (κ2) is 6.16.